The van der Waals surface area contributed by atoms with Crippen LogP contribution in [0.3, 0.4) is 0 Å². The third kappa shape index (κ3) is 6.43. The molecule has 0 bridgehead atoms. The van der Waals surface area contributed by atoms with Crippen molar-refractivity contribution in [1.29, 1.82) is 0 Å². The van der Waals surface area contributed by atoms with Gasteiger partial charge in [0.15, 0.2) is 0 Å². The molecule has 1 aromatic carbocycles. The lowest BCUT2D eigenvalue weighted by Gasteiger charge is -2.18. The molecule has 0 aliphatic rings. The minimum absolute atomic E-state index is 0.193. The molecular formula is C16H27N3O3. The second-order valence-corrected chi connectivity index (χ2v) is 4.95. The summed E-state index contributed by atoms with van der Waals surface area (Å²) >= 11 is 0. The Balaban J connectivity index is 2.41. The van der Waals surface area contributed by atoms with Gasteiger partial charge in [-0.2, -0.15) is 0 Å². The van der Waals surface area contributed by atoms with Gasteiger partial charge in [0.2, 0.25) is 5.91 Å². The molecule has 1 aromatic rings. The van der Waals surface area contributed by atoms with Crippen molar-refractivity contribution < 1.29 is 14.3 Å². The van der Waals surface area contributed by atoms with Gasteiger partial charge in [0.1, 0.15) is 18.4 Å². The van der Waals surface area contributed by atoms with Crippen LogP contribution in [0.2, 0.25) is 0 Å². The molecule has 6 heteroatoms. The van der Waals surface area contributed by atoms with Gasteiger partial charge >= 0.3 is 0 Å². The van der Waals surface area contributed by atoms with Crippen LogP contribution in [0, 0.1) is 0 Å². The lowest BCUT2D eigenvalue weighted by Crippen LogP contribution is -2.39. The summed E-state index contributed by atoms with van der Waals surface area (Å²) in [4.78, 5) is 14.0. The Morgan fingerprint density at radius 2 is 1.91 bits per heavy atom. The maximum atomic E-state index is 11.7. The van der Waals surface area contributed by atoms with Crippen LogP contribution in [0.15, 0.2) is 24.3 Å². The molecule has 0 aliphatic carbocycles. The van der Waals surface area contributed by atoms with Crippen LogP contribution >= 0.6 is 0 Å². The maximum absolute atomic E-state index is 11.7. The van der Waals surface area contributed by atoms with Crippen LogP contribution in [0.5, 0.6) is 5.75 Å². The molecule has 124 valence electrons. The quantitative estimate of drug-likeness (QED) is 0.681. The SMILES string of the molecule is CCN(CC)CCOc1ccc(NC(=O)C(N)COC)cc1. The topological polar surface area (TPSA) is 76.8 Å². The Bertz CT molecular complexity index is 433. The molecule has 0 spiro atoms. The molecular weight excluding hydrogens is 282 g/mol. The summed E-state index contributed by atoms with van der Waals surface area (Å²) in [6, 6.07) is 6.59. The summed E-state index contributed by atoms with van der Waals surface area (Å²) in [6.45, 7) is 8.05. The summed E-state index contributed by atoms with van der Waals surface area (Å²) in [6.07, 6.45) is 0. The van der Waals surface area contributed by atoms with E-state index in [1.807, 2.05) is 12.1 Å². The fourth-order valence-corrected chi connectivity index (χ4v) is 1.96. The zero-order valence-electron chi connectivity index (χ0n) is 13.7. The molecule has 1 amide bonds. The van der Waals surface area contributed by atoms with E-state index in [1.165, 1.54) is 7.11 Å². The average molecular weight is 309 g/mol. The number of hydrogen-bond acceptors (Lipinski definition) is 5. The first kappa shape index (κ1) is 18.4. The van der Waals surface area contributed by atoms with E-state index >= 15 is 0 Å². The van der Waals surface area contributed by atoms with E-state index in [-0.39, 0.29) is 12.5 Å². The number of carbonyl (C=O) groups is 1. The lowest BCUT2D eigenvalue weighted by molar-refractivity contribution is -0.118. The van der Waals surface area contributed by atoms with E-state index < -0.39 is 6.04 Å². The van der Waals surface area contributed by atoms with Crippen molar-refractivity contribution in [3.8, 4) is 5.75 Å². The minimum Gasteiger partial charge on any atom is -0.492 e. The summed E-state index contributed by atoms with van der Waals surface area (Å²) in [5, 5.41) is 2.74. The predicted molar refractivity (Wildman–Crippen MR) is 88.2 cm³/mol. The van der Waals surface area contributed by atoms with Crippen LogP contribution < -0.4 is 15.8 Å². The Hall–Kier alpha value is -1.63. The lowest BCUT2D eigenvalue weighted by atomic mass is 10.2. The summed E-state index contributed by atoms with van der Waals surface area (Å²) in [5.41, 5.74) is 6.35. The first-order valence-electron chi connectivity index (χ1n) is 7.61. The molecule has 0 saturated carbocycles. The molecule has 0 aliphatic heterocycles. The first-order valence-corrected chi connectivity index (χ1v) is 7.61. The van der Waals surface area contributed by atoms with Crippen molar-refractivity contribution in [2.24, 2.45) is 5.73 Å². The first-order chi connectivity index (χ1) is 10.6. The molecule has 6 nitrogen and oxygen atoms in total. The number of benzene rings is 1. The van der Waals surface area contributed by atoms with Gasteiger partial charge in [-0.15, -0.1) is 0 Å². The van der Waals surface area contributed by atoms with Gasteiger partial charge in [-0.3, -0.25) is 4.79 Å². The second-order valence-electron chi connectivity index (χ2n) is 4.95. The van der Waals surface area contributed by atoms with E-state index in [2.05, 4.69) is 24.1 Å². The fourth-order valence-electron chi connectivity index (χ4n) is 1.96. The normalized spacial score (nSPS) is 12.2. The minimum atomic E-state index is -0.671. The van der Waals surface area contributed by atoms with Gasteiger partial charge in [0.25, 0.3) is 0 Å². The van der Waals surface area contributed by atoms with Crippen LogP contribution in [0.4, 0.5) is 5.69 Å². The van der Waals surface area contributed by atoms with E-state index in [0.29, 0.717) is 12.3 Å². The molecule has 0 fully saturated rings. The van der Waals surface area contributed by atoms with E-state index in [9.17, 15) is 4.79 Å². The zero-order chi connectivity index (χ0) is 16.4. The maximum Gasteiger partial charge on any atom is 0.243 e. The standard InChI is InChI=1S/C16H27N3O3/c1-4-19(5-2)10-11-22-14-8-6-13(7-9-14)18-16(20)15(17)12-21-3/h6-9,15H,4-5,10-12,17H2,1-3H3,(H,18,20). The molecule has 0 radical (unpaired) electrons. The Morgan fingerprint density at radius 3 is 2.45 bits per heavy atom. The van der Waals surface area contributed by atoms with Gasteiger partial charge in [-0.05, 0) is 37.4 Å². The number of hydrogen-bond donors (Lipinski definition) is 2. The van der Waals surface area contributed by atoms with Crippen molar-refractivity contribution in [2.75, 3.05) is 45.3 Å². The smallest absolute Gasteiger partial charge is 0.243 e. The number of methoxy groups -OCH3 is 1. The molecule has 1 rings (SSSR count). The number of amides is 1. The highest BCUT2D eigenvalue weighted by Gasteiger charge is 2.12. The Labute approximate surface area is 132 Å². The van der Waals surface area contributed by atoms with Gasteiger partial charge in [0.05, 0.1) is 6.61 Å². The average Bonchev–Trinajstić information content (AvgIpc) is 2.53. The van der Waals surface area contributed by atoms with Gasteiger partial charge in [-0.25, -0.2) is 0 Å². The van der Waals surface area contributed by atoms with Crippen molar-refractivity contribution in [3.63, 3.8) is 0 Å². The highest BCUT2D eigenvalue weighted by molar-refractivity contribution is 5.94. The Morgan fingerprint density at radius 1 is 1.27 bits per heavy atom. The van der Waals surface area contributed by atoms with Gasteiger partial charge in [0, 0.05) is 19.3 Å². The zero-order valence-corrected chi connectivity index (χ0v) is 13.7. The third-order valence-corrected chi connectivity index (χ3v) is 3.38. The number of anilines is 1. The van der Waals surface area contributed by atoms with Crippen molar-refractivity contribution in [2.45, 2.75) is 19.9 Å². The molecule has 1 atom stereocenters. The highest BCUT2D eigenvalue weighted by Crippen LogP contribution is 2.15. The van der Waals surface area contributed by atoms with Crippen LogP contribution in [0.25, 0.3) is 0 Å². The highest BCUT2D eigenvalue weighted by atomic mass is 16.5. The number of nitrogens with zero attached hydrogens (tertiary/aromatic N) is 1. The van der Waals surface area contributed by atoms with E-state index in [4.69, 9.17) is 15.2 Å². The molecule has 0 heterocycles. The van der Waals surface area contributed by atoms with Gasteiger partial charge in [-0.1, -0.05) is 13.8 Å². The summed E-state index contributed by atoms with van der Waals surface area (Å²) < 4.78 is 10.5. The van der Waals surface area contributed by atoms with E-state index in [0.717, 1.165) is 25.4 Å². The van der Waals surface area contributed by atoms with Crippen molar-refractivity contribution >= 4 is 11.6 Å². The van der Waals surface area contributed by atoms with Gasteiger partial charge < -0.3 is 25.4 Å². The molecule has 3 N–H and O–H groups in total. The van der Waals surface area contributed by atoms with Crippen LogP contribution in [-0.4, -0.2) is 56.8 Å². The molecule has 22 heavy (non-hydrogen) atoms. The largest absolute Gasteiger partial charge is 0.492 e. The number of likely N-dealkylation sites (N-methyl/N-ethyl adjacent to an activating group) is 1. The van der Waals surface area contributed by atoms with Crippen LogP contribution in [-0.2, 0) is 9.53 Å². The Kier molecular flexibility index (Phi) is 8.50. The van der Waals surface area contributed by atoms with Crippen molar-refractivity contribution in [3.05, 3.63) is 24.3 Å². The monoisotopic (exact) mass is 309 g/mol. The number of nitrogens with one attached hydrogen (secondary N) is 1. The number of rotatable bonds is 10. The summed E-state index contributed by atoms with van der Waals surface area (Å²) in [5.74, 6) is 0.517. The summed E-state index contributed by atoms with van der Waals surface area (Å²) in [7, 11) is 1.51. The number of carbonyl (C=O) groups excluding carboxylic acids is 1. The molecule has 1 unspecified atom stereocenters. The van der Waals surface area contributed by atoms with E-state index in [1.54, 1.807) is 12.1 Å². The predicted octanol–water partition coefficient (Wildman–Crippen LogP) is 1.32. The number of nitrogens with two attached hydrogens (primary N) is 1. The molecule has 0 aromatic heterocycles. The second kappa shape index (κ2) is 10.2. The molecule has 0 saturated heterocycles. The number of ether oxygens (including phenoxy) is 2. The fraction of sp³-hybridized carbons (Fsp3) is 0.562. The third-order valence-electron chi connectivity index (χ3n) is 3.38. The van der Waals surface area contributed by atoms with Crippen LogP contribution in [0.1, 0.15) is 13.8 Å². The van der Waals surface area contributed by atoms with Crippen molar-refractivity contribution in [1.82, 2.24) is 4.90 Å².